The van der Waals surface area contributed by atoms with E-state index in [1.165, 1.54) is 18.2 Å². The average Bonchev–Trinajstić information content (AvgIpc) is 2.63. The van der Waals surface area contributed by atoms with Gasteiger partial charge in [0.2, 0.25) is 0 Å². The summed E-state index contributed by atoms with van der Waals surface area (Å²) in [5.74, 6) is -0.958. The molecule has 3 atom stereocenters. The molecule has 0 aromatic heterocycles. The van der Waals surface area contributed by atoms with Crippen LogP contribution in [-0.2, 0) is 4.79 Å². The molecule has 5 nitrogen and oxygen atoms in total. The Balaban J connectivity index is 4.38. The van der Waals surface area contributed by atoms with Crippen LogP contribution in [0.3, 0.4) is 0 Å². The van der Waals surface area contributed by atoms with Crippen LogP contribution in [0, 0.1) is 0 Å². The first-order valence-electron chi connectivity index (χ1n) is 9.74. The number of aliphatic hydroxyl groups excluding tert-OH is 3. The third kappa shape index (κ3) is 15.6. The van der Waals surface area contributed by atoms with Crippen molar-refractivity contribution in [1.82, 2.24) is 0 Å². The van der Waals surface area contributed by atoms with Crippen LogP contribution in [-0.4, -0.2) is 44.7 Å². The molecule has 25 heavy (non-hydrogen) atoms. The molecule has 0 heterocycles. The van der Waals surface area contributed by atoms with Gasteiger partial charge in [0, 0.05) is 6.42 Å². The Hall–Kier alpha value is -1.69. The van der Waals surface area contributed by atoms with Crippen molar-refractivity contribution in [1.29, 1.82) is 0 Å². The van der Waals surface area contributed by atoms with Gasteiger partial charge in [-0.25, -0.2) is 0 Å². The van der Waals surface area contributed by atoms with E-state index >= 15 is 0 Å². The van der Waals surface area contributed by atoms with E-state index in [4.69, 9.17) is 7.85 Å². The number of hydrogen-bond acceptors (Lipinski definition) is 4. The van der Waals surface area contributed by atoms with Crippen LogP contribution >= 0.6 is 0 Å². The van der Waals surface area contributed by atoms with Crippen LogP contribution in [0.1, 0.15) is 54.6 Å². The van der Waals surface area contributed by atoms with Gasteiger partial charge in [-0.1, -0.05) is 74.7 Å². The van der Waals surface area contributed by atoms with Crippen LogP contribution in [0.2, 0.25) is 0 Å². The Morgan fingerprint density at radius 3 is 2.36 bits per heavy atom. The predicted octanol–water partition coefficient (Wildman–Crippen LogP) is 3.13. The second-order valence-electron chi connectivity index (χ2n) is 5.77. The van der Waals surface area contributed by atoms with Crippen LogP contribution in [0.4, 0.5) is 0 Å². The molecule has 0 amide bonds. The summed E-state index contributed by atoms with van der Waals surface area (Å²) < 4.78 is 15.4. The Kier molecular flexibility index (Phi) is 12.4. The van der Waals surface area contributed by atoms with Crippen molar-refractivity contribution in [3.8, 4) is 0 Å². The first-order chi connectivity index (χ1) is 12.8. The zero-order valence-corrected chi connectivity index (χ0v) is 14.8. The molecular formula is C20H32O5. The van der Waals surface area contributed by atoms with E-state index in [2.05, 4.69) is 6.92 Å². The fourth-order valence-electron chi connectivity index (χ4n) is 1.98. The predicted molar refractivity (Wildman–Crippen MR) is 100 cm³/mol. The summed E-state index contributed by atoms with van der Waals surface area (Å²) in [6.45, 7) is 2.07. The van der Waals surface area contributed by atoms with Gasteiger partial charge in [-0.05, 0) is 19.3 Å². The highest BCUT2D eigenvalue weighted by Crippen LogP contribution is 2.07. The maximum Gasteiger partial charge on any atom is 0.303 e. The van der Waals surface area contributed by atoms with Gasteiger partial charge in [0.25, 0.3) is 0 Å². The van der Waals surface area contributed by atoms with Crippen molar-refractivity contribution < 1.29 is 28.0 Å². The molecule has 0 radical (unpaired) electrons. The quantitative estimate of drug-likeness (QED) is 0.284. The minimum Gasteiger partial charge on any atom is -0.481 e. The molecule has 0 aliphatic carbocycles. The third-order valence-electron chi connectivity index (χ3n) is 3.44. The second kappa shape index (κ2) is 15.8. The van der Waals surface area contributed by atoms with Gasteiger partial charge >= 0.3 is 5.97 Å². The lowest BCUT2D eigenvalue weighted by Gasteiger charge is -2.13. The fraction of sp³-hybridized carbons (Fsp3) is 0.550. The van der Waals surface area contributed by atoms with Gasteiger partial charge in [-0.2, -0.15) is 0 Å². The lowest BCUT2D eigenvalue weighted by molar-refractivity contribution is -0.137. The highest BCUT2D eigenvalue weighted by atomic mass is 16.4. The number of carboxylic acids is 1. The number of allylic oxidation sites excluding steroid dienone is 6. The van der Waals surface area contributed by atoms with Crippen LogP contribution in [0.15, 0.2) is 48.6 Å². The van der Waals surface area contributed by atoms with Gasteiger partial charge in [0.05, 0.1) is 21.1 Å². The summed E-state index contributed by atoms with van der Waals surface area (Å²) in [5.41, 5.74) is 0. The van der Waals surface area contributed by atoms with Crippen molar-refractivity contribution >= 4 is 5.97 Å². The molecule has 0 unspecified atom stereocenters. The third-order valence-corrected chi connectivity index (χ3v) is 3.44. The Morgan fingerprint density at radius 2 is 1.68 bits per heavy atom. The first-order valence-corrected chi connectivity index (χ1v) is 8.74. The normalized spacial score (nSPS) is 18.2. The smallest absolute Gasteiger partial charge is 0.303 e. The van der Waals surface area contributed by atoms with Gasteiger partial charge in [0.15, 0.2) is 0 Å². The van der Waals surface area contributed by atoms with E-state index in [0.29, 0.717) is 6.42 Å². The molecule has 0 aromatic rings. The number of unbranched alkanes of at least 4 members (excludes halogenated alkanes) is 2. The number of carbonyl (C=O) groups is 1. The van der Waals surface area contributed by atoms with E-state index in [-0.39, 0.29) is 31.4 Å². The molecule has 0 bridgehead atoms. The minimum atomic E-state index is -1.16. The summed E-state index contributed by atoms with van der Waals surface area (Å²) >= 11 is 0. The summed E-state index contributed by atoms with van der Waals surface area (Å²) in [6.07, 6.45) is 10.1. The van der Waals surface area contributed by atoms with E-state index in [9.17, 15) is 20.1 Å². The minimum absolute atomic E-state index is 0.0816. The number of rotatable bonds is 14. The molecule has 0 spiro atoms. The van der Waals surface area contributed by atoms with Gasteiger partial charge in [-0.15, -0.1) is 0 Å². The molecule has 0 saturated carbocycles. The van der Waals surface area contributed by atoms with Crippen LogP contribution in [0.5, 0.6) is 0 Å². The molecule has 4 N–H and O–H groups in total. The molecule has 5 heteroatoms. The lowest BCUT2D eigenvalue weighted by Crippen LogP contribution is -2.23. The van der Waals surface area contributed by atoms with Crippen LogP contribution < -0.4 is 0 Å². The van der Waals surface area contributed by atoms with Gasteiger partial charge in [-0.3, -0.25) is 4.79 Å². The molecule has 0 rings (SSSR count). The molecular weight excluding hydrogens is 320 g/mol. The van der Waals surface area contributed by atoms with E-state index < -0.39 is 24.3 Å². The summed E-state index contributed by atoms with van der Waals surface area (Å²) in [7, 11) is 0. The average molecular weight is 354 g/mol. The molecule has 0 fully saturated rings. The zero-order valence-electron chi connectivity index (χ0n) is 16.8. The van der Waals surface area contributed by atoms with E-state index in [1.54, 1.807) is 18.2 Å². The fourth-order valence-corrected chi connectivity index (χ4v) is 1.98. The standard InChI is InChI=1S/C20H32O5/c1-2-3-8-14-18(22)19(23)15-10-7-5-4-6-9-12-17(21)13-11-16-20(24)25/h4-7,9-10,12,15,17-19,21-23H,2-3,8,11,13-14,16H2,1H3,(H,24,25)/b6-4-,7-5+,12-9?,15-10+/t17-,18+,19-/m1/s1/i9D,12D. The topological polar surface area (TPSA) is 98.0 Å². The number of aliphatic hydroxyl groups is 3. The Labute approximate surface area is 153 Å². The first kappa shape index (κ1) is 19.6. The van der Waals surface area contributed by atoms with Crippen molar-refractivity contribution in [2.24, 2.45) is 0 Å². The Morgan fingerprint density at radius 1 is 1.00 bits per heavy atom. The van der Waals surface area contributed by atoms with Crippen molar-refractivity contribution in [3.63, 3.8) is 0 Å². The van der Waals surface area contributed by atoms with E-state index in [0.717, 1.165) is 19.3 Å². The highest BCUT2D eigenvalue weighted by Gasteiger charge is 2.11. The zero-order chi connectivity index (χ0) is 20.7. The van der Waals surface area contributed by atoms with Crippen molar-refractivity contribution in [2.45, 2.75) is 70.2 Å². The van der Waals surface area contributed by atoms with Crippen molar-refractivity contribution in [3.05, 3.63) is 48.6 Å². The van der Waals surface area contributed by atoms with Crippen molar-refractivity contribution in [2.75, 3.05) is 0 Å². The summed E-state index contributed by atoms with van der Waals surface area (Å²) in [5, 5.41) is 37.9. The SMILES string of the molecule is [2H]C(\C=C/C=C/C=C/[C@@H](O)[C@@H](O)CCCCC)=C([2H])[C@@H](O)CCCC(=O)O. The van der Waals surface area contributed by atoms with Crippen LogP contribution in [0.25, 0.3) is 0 Å². The molecule has 0 aromatic carbocycles. The maximum atomic E-state index is 10.4. The molecule has 142 valence electrons. The Bertz CT molecular complexity index is 540. The maximum absolute atomic E-state index is 10.4. The number of hydrogen-bond donors (Lipinski definition) is 4. The summed E-state index contributed by atoms with van der Waals surface area (Å²) in [6, 6.07) is -0.413. The highest BCUT2D eigenvalue weighted by molar-refractivity contribution is 5.66. The van der Waals surface area contributed by atoms with Gasteiger partial charge in [0.1, 0.15) is 0 Å². The second-order valence-corrected chi connectivity index (χ2v) is 5.77. The molecule has 0 aliphatic heterocycles. The lowest BCUT2D eigenvalue weighted by atomic mass is 10.1. The largest absolute Gasteiger partial charge is 0.481 e. The summed E-state index contributed by atoms with van der Waals surface area (Å²) in [4.78, 5) is 10.4. The number of carboxylic acid groups (broad SMARTS) is 1. The monoisotopic (exact) mass is 354 g/mol. The molecule has 0 saturated heterocycles. The van der Waals surface area contributed by atoms with E-state index in [1.807, 2.05) is 0 Å². The van der Waals surface area contributed by atoms with Gasteiger partial charge < -0.3 is 20.4 Å². The number of aliphatic carboxylic acids is 1. The molecule has 0 aliphatic rings.